The van der Waals surface area contributed by atoms with Gasteiger partial charge < -0.3 is 0 Å². The summed E-state index contributed by atoms with van der Waals surface area (Å²) < 4.78 is 1.34. The van der Waals surface area contributed by atoms with Crippen LogP contribution in [0.25, 0.3) is 10.9 Å². The van der Waals surface area contributed by atoms with Gasteiger partial charge in [0.1, 0.15) is 0 Å². The molecule has 0 radical (unpaired) electrons. The molecule has 1 aromatic heterocycles. The van der Waals surface area contributed by atoms with Crippen LogP contribution in [0.5, 0.6) is 0 Å². The molecule has 78 valence electrons. The zero-order valence-electron chi connectivity index (χ0n) is 7.99. The van der Waals surface area contributed by atoms with Gasteiger partial charge in [-0.1, -0.05) is 11.6 Å². The van der Waals surface area contributed by atoms with Crippen LogP contribution in [-0.4, -0.2) is 9.55 Å². The van der Waals surface area contributed by atoms with Crippen LogP contribution in [0.1, 0.15) is 0 Å². The van der Waals surface area contributed by atoms with Gasteiger partial charge in [-0.15, -0.1) is 0 Å². The van der Waals surface area contributed by atoms with Gasteiger partial charge in [-0.05, 0) is 18.2 Å². The maximum absolute atomic E-state index is 11.8. The van der Waals surface area contributed by atoms with Gasteiger partial charge in [0, 0.05) is 12.1 Å². The van der Waals surface area contributed by atoms with Crippen molar-refractivity contribution in [2.45, 2.75) is 0 Å². The minimum Gasteiger partial charge on any atom is -0.294 e. The molecule has 0 aliphatic carbocycles. The van der Waals surface area contributed by atoms with Crippen LogP contribution in [0, 0.1) is 0 Å². The Morgan fingerprint density at radius 3 is 2.93 bits per heavy atom. The number of benzene rings is 1. The molecule has 0 unspecified atom stereocenters. The molecule has 3 N–H and O–H groups in total. The molecule has 0 fully saturated rings. The van der Waals surface area contributed by atoms with E-state index < -0.39 is 0 Å². The van der Waals surface area contributed by atoms with E-state index >= 15 is 0 Å². The van der Waals surface area contributed by atoms with E-state index in [9.17, 15) is 4.79 Å². The van der Waals surface area contributed by atoms with E-state index in [0.29, 0.717) is 21.9 Å². The highest BCUT2D eigenvalue weighted by atomic mass is 35.5. The number of hydrazine groups is 1. The van der Waals surface area contributed by atoms with Gasteiger partial charge in [0.2, 0.25) is 5.95 Å². The van der Waals surface area contributed by atoms with Crippen molar-refractivity contribution in [2.75, 3.05) is 5.43 Å². The number of nitrogens with one attached hydrogen (secondary N) is 1. The maximum Gasteiger partial charge on any atom is 0.262 e. The third-order valence-corrected chi connectivity index (χ3v) is 2.40. The Labute approximate surface area is 90.5 Å². The first-order chi connectivity index (χ1) is 7.13. The van der Waals surface area contributed by atoms with E-state index in [1.54, 1.807) is 25.2 Å². The zero-order valence-corrected chi connectivity index (χ0v) is 8.75. The summed E-state index contributed by atoms with van der Waals surface area (Å²) in [5, 5.41) is 1.05. The van der Waals surface area contributed by atoms with E-state index in [1.165, 1.54) is 4.57 Å². The number of fused-ring (bicyclic) bond motifs is 1. The number of rotatable bonds is 1. The highest BCUT2D eigenvalue weighted by Crippen LogP contribution is 2.15. The second-order valence-electron chi connectivity index (χ2n) is 3.11. The molecule has 0 aliphatic heterocycles. The van der Waals surface area contributed by atoms with Crippen molar-refractivity contribution in [1.29, 1.82) is 0 Å². The minimum absolute atomic E-state index is 0.162. The average Bonchev–Trinajstić information content (AvgIpc) is 2.23. The lowest BCUT2D eigenvalue weighted by Crippen LogP contribution is -2.24. The highest BCUT2D eigenvalue weighted by Gasteiger charge is 2.06. The predicted molar refractivity (Wildman–Crippen MR) is 59.8 cm³/mol. The zero-order chi connectivity index (χ0) is 11.0. The Kier molecular flexibility index (Phi) is 2.34. The van der Waals surface area contributed by atoms with Crippen molar-refractivity contribution < 1.29 is 0 Å². The Morgan fingerprint density at radius 1 is 1.53 bits per heavy atom. The van der Waals surface area contributed by atoms with E-state index in [1.807, 2.05) is 0 Å². The first kappa shape index (κ1) is 9.95. The molecule has 1 aromatic carbocycles. The molecule has 0 saturated heterocycles. The molecule has 6 heteroatoms. The minimum atomic E-state index is -0.162. The van der Waals surface area contributed by atoms with Gasteiger partial charge in [-0.25, -0.2) is 10.8 Å². The van der Waals surface area contributed by atoms with Gasteiger partial charge in [-0.3, -0.25) is 14.8 Å². The summed E-state index contributed by atoms with van der Waals surface area (Å²) in [7, 11) is 1.60. The van der Waals surface area contributed by atoms with Crippen LogP contribution < -0.4 is 16.8 Å². The van der Waals surface area contributed by atoms with E-state index in [0.717, 1.165) is 0 Å². The van der Waals surface area contributed by atoms with Gasteiger partial charge >= 0.3 is 0 Å². The van der Waals surface area contributed by atoms with E-state index in [-0.39, 0.29) is 5.56 Å². The van der Waals surface area contributed by atoms with Crippen molar-refractivity contribution in [3.8, 4) is 0 Å². The van der Waals surface area contributed by atoms with Crippen molar-refractivity contribution in [3.05, 3.63) is 33.6 Å². The molecule has 5 nitrogen and oxygen atoms in total. The lowest BCUT2D eigenvalue weighted by atomic mass is 10.2. The Morgan fingerprint density at radius 2 is 2.27 bits per heavy atom. The van der Waals surface area contributed by atoms with Crippen LogP contribution >= 0.6 is 11.6 Å². The summed E-state index contributed by atoms with van der Waals surface area (Å²) in [6.07, 6.45) is 0. The number of anilines is 1. The average molecular weight is 225 g/mol. The van der Waals surface area contributed by atoms with Gasteiger partial charge in [0.15, 0.2) is 0 Å². The predicted octanol–water partition coefficient (Wildman–Crippen LogP) is 0.872. The van der Waals surface area contributed by atoms with Gasteiger partial charge in [0.25, 0.3) is 5.56 Å². The molecule has 0 spiro atoms. The number of hydrogen-bond donors (Lipinski definition) is 2. The molecule has 2 rings (SSSR count). The molecular weight excluding hydrogens is 216 g/mol. The Balaban J connectivity index is 2.91. The molecule has 0 atom stereocenters. The lowest BCUT2D eigenvalue weighted by Gasteiger charge is -2.07. The smallest absolute Gasteiger partial charge is 0.262 e. The largest absolute Gasteiger partial charge is 0.294 e. The van der Waals surface area contributed by atoms with Gasteiger partial charge in [-0.2, -0.15) is 0 Å². The van der Waals surface area contributed by atoms with E-state index in [2.05, 4.69) is 10.4 Å². The van der Waals surface area contributed by atoms with Crippen LogP contribution in [0.3, 0.4) is 0 Å². The number of nitrogen functional groups attached to an aromatic ring is 1. The summed E-state index contributed by atoms with van der Waals surface area (Å²) in [4.78, 5) is 16.0. The number of hydrogen-bond acceptors (Lipinski definition) is 4. The Bertz CT molecular complexity index is 578. The summed E-state index contributed by atoms with van der Waals surface area (Å²) in [5.74, 6) is 5.54. The van der Waals surface area contributed by atoms with Crippen molar-refractivity contribution >= 4 is 28.5 Å². The molecule has 15 heavy (non-hydrogen) atoms. The number of nitrogens with zero attached hydrogens (tertiary/aromatic N) is 2. The fourth-order valence-electron chi connectivity index (χ4n) is 1.37. The van der Waals surface area contributed by atoms with Crippen molar-refractivity contribution in [1.82, 2.24) is 9.55 Å². The maximum atomic E-state index is 11.8. The SMILES string of the molecule is Cn1c(NN)nc2cc(Cl)ccc2c1=O. The summed E-state index contributed by atoms with van der Waals surface area (Å²) in [6.45, 7) is 0. The third kappa shape index (κ3) is 1.55. The summed E-state index contributed by atoms with van der Waals surface area (Å²) in [6, 6.07) is 4.93. The quantitative estimate of drug-likeness (QED) is 0.557. The van der Waals surface area contributed by atoms with Crippen molar-refractivity contribution in [2.24, 2.45) is 12.9 Å². The third-order valence-electron chi connectivity index (χ3n) is 2.17. The first-order valence-electron chi connectivity index (χ1n) is 4.26. The molecule has 0 amide bonds. The molecule has 0 bridgehead atoms. The van der Waals surface area contributed by atoms with E-state index in [4.69, 9.17) is 17.4 Å². The summed E-state index contributed by atoms with van der Waals surface area (Å²) in [5.41, 5.74) is 2.72. The number of nitrogens with two attached hydrogens (primary N) is 1. The molecule has 0 aliphatic rings. The fraction of sp³-hybridized carbons (Fsp3) is 0.111. The molecule has 1 heterocycles. The normalized spacial score (nSPS) is 10.6. The van der Waals surface area contributed by atoms with Crippen LogP contribution in [0.2, 0.25) is 5.02 Å². The Hall–Kier alpha value is -1.59. The second kappa shape index (κ2) is 3.52. The lowest BCUT2D eigenvalue weighted by molar-refractivity contribution is 0.845. The topological polar surface area (TPSA) is 72.9 Å². The highest BCUT2D eigenvalue weighted by molar-refractivity contribution is 6.31. The van der Waals surface area contributed by atoms with Crippen LogP contribution in [0.4, 0.5) is 5.95 Å². The second-order valence-corrected chi connectivity index (χ2v) is 3.54. The molecule has 0 saturated carbocycles. The summed E-state index contributed by atoms with van der Waals surface area (Å²) >= 11 is 5.81. The standard InChI is InChI=1S/C9H9ClN4O/c1-14-8(15)6-3-2-5(10)4-7(6)12-9(14)13-11/h2-4H,11H2,1H3,(H,12,13). The number of aromatic nitrogens is 2. The van der Waals surface area contributed by atoms with Crippen LogP contribution in [-0.2, 0) is 7.05 Å². The van der Waals surface area contributed by atoms with Crippen LogP contribution in [0.15, 0.2) is 23.0 Å². The van der Waals surface area contributed by atoms with Gasteiger partial charge in [0.05, 0.1) is 10.9 Å². The number of halogens is 1. The molecule has 2 aromatic rings. The first-order valence-corrected chi connectivity index (χ1v) is 4.64. The van der Waals surface area contributed by atoms with Crippen molar-refractivity contribution in [3.63, 3.8) is 0 Å². The molecular formula is C9H9ClN4O. The monoisotopic (exact) mass is 224 g/mol. The fourth-order valence-corrected chi connectivity index (χ4v) is 1.54.